The Hall–Kier alpha value is -2.07. The van der Waals surface area contributed by atoms with E-state index in [0.29, 0.717) is 5.11 Å². The van der Waals surface area contributed by atoms with Crippen LogP contribution >= 0.6 is 23.6 Å². The molecular formula is C19H26N5O2S2+. The van der Waals surface area contributed by atoms with Crippen molar-refractivity contribution in [2.45, 2.75) is 13.8 Å². The Kier molecular flexibility index (Phi) is 7.32. The fraction of sp³-hybridized carbons (Fsp3) is 0.421. The molecule has 0 saturated carbocycles. The van der Waals surface area contributed by atoms with Crippen LogP contribution in [0.2, 0.25) is 0 Å². The maximum atomic E-state index is 9.44. The molecule has 150 valence electrons. The summed E-state index contributed by atoms with van der Waals surface area (Å²) in [4.78, 5) is 7.17. The van der Waals surface area contributed by atoms with Crippen LogP contribution in [0.25, 0.3) is 10.6 Å². The molecule has 4 N–H and O–H groups in total. The van der Waals surface area contributed by atoms with Crippen molar-refractivity contribution in [3.8, 4) is 16.3 Å². The second-order valence-corrected chi connectivity index (χ2v) is 8.07. The zero-order valence-electron chi connectivity index (χ0n) is 16.1. The van der Waals surface area contributed by atoms with Crippen LogP contribution in [0.1, 0.15) is 17.5 Å². The highest BCUT2D eigenvalue weighted by atomic mass is 32.1. The summed E-state index contributed by atoms with van der Waals surface area (Å²) in [5.74, 6) is 0.246. The molecule has 1 aromatic carbocycles. The summed E-state index contributed by atoms with van der Waals surface area (Å²) in [6.45, 7) is 9.49. The predicted octanol–water partition coefficient (Wildman–Crippen LogP) is 0.927. The van der Waals surface area contributed by atoms with Gasteiger partial charge in [-0.1, -0.05) is 0 Å². The molecule has 1 aliphatic heterocycles. The molecule has 1 aliphatic rings. The van der Waals surface area contributed by atoms with Crippen LogP contribution in [-0.4, -0.2) is 60.3 Å². The van der Waals surface area contributed by atoms with Crippen molar-refractivity contribution in [2.24, 2.45) is 5.10 Å². The van der Waals surface area contributed by atoms with Crippen molar-refractivity contribution in [3.05, 3.63) is 34.8 Å². The van der Waals surface area contributed by atoms with Gasteiger partial charge in [-0.25, -0.2) is 4.98 Å². The number of nitrogens with one attached hydrogen (secondary N) is 3. The number of ether oxygens (including phenoxy) is 1. The van der Waals surface area contributed by atoms with Gasteiger partial charge in [-0.05, 0) is 50.3 Å². The molecule has 0 atom stereocenters. The summed E-state index contributed by atoms with van der Waals surface area (Å²) in [5, 5.41) is 18.5. The number of hydrogen-bond donors (Lipinski definition) is 4. The fourth-order valence-electron chi connectivity index (χ4n) is 2.95. The van der Waals surface area contributed by atoms with Crippen molar-refractivity contribution >= 4 is 34.4 Å². The Labute approximate surface area is 174 Å². The first-order valence-corrected chi connectivity index (χ1v) is 10.5. The van der Waals surface area contributed by atoms with E-state index in [9.17, 15) is 5.11 Å². The maximum absolute atomic E-state index is 9.44. The van der Waals surface area contributed by atoms with Gasteiger partial charge in [-0.2, -0.15) is 5.10 Å². The van der Waals surface area contributed by atoms with Gasteiger partial charge in [0.05, 0.1) is 42.6 Å². The number of morpholine rings is 1. The van der Waals surface area contributed by atoms with E-state index in [4.69, 9.17) is 17.0 Å². The first kappa shape index (κ1) is 20.7. The molecule has 28 heavy (non-hydrogen) atoms. The van der Waals surface area contributed by atoms with Crippen LogP contribution in [-0.2, 0) is 4.74 Å². The number of thiazole rings is 1. The van der Waals surface area contributed by atoms with E-state index in [-0.39, 0.29) is 5.75 Å². The topological polar surface area (TPSA) is 83.2 Å². The normalized spacial score (nSPS) is 15.4. The van der Waals surface area contributed by atoms with Gasteiger partial charge in [0.15, 0.2) is 5.11 Å². The van der Waals surface area contributed by atoms with Gasteiger partial charge in [0.1, 0.15) is 23.8 Å². The Morgan fingerprint density at radius 1 is 1.32 bits per heavy atom. The summed E-state index contributed by atoms with van der Waals surface area (Å²) in [7, 11) is 0. The zero-order valence-corrected chi connectivity index (χ0v) is 17.8. The number of benzene rings is 1. The zero-order chi connectivity index (χ0) is 19.9. The third-order valence-corrected chi connectivity index (χ3v) is 6.08. The second kappa shape index (κ2) is 9.92. The van der Waals surface area contributed by atoms with E-state index in [1.807, 2.05) is 26.0 Å². The Morgan fingerprint density at radius 3 is 2.75 bits per heavy atom. The van der Waals surface area contributed by atoms with Crippen LogP contribution in [0.4, 0.5) is 0 Å². The van der Waals surface area contributed by atoms with Gasteiger partial charge in [0.2, 0.25) is 0 Å². The lowest BCUT2D eigenvalue weighted by Gasteiger charge is -2.23. The third-order valence-electron chi connectivity index (χ3n) is 4.53. The smallest absolute Gasteiger partial charge is 0.187 e. The molecule has 1 saturated heterocycles. The lowest BCUT2D eigenvalue weighted by molar-refractivity contribution is -0.906. The minimum absolute atomic E-state index is 0.246. The molecule has 0 radical (unpaired) electrons. The molecule has 0 aliphatic carbocycles. The summed E-state index contributed by atoms with van der Waals surface area (Å²) in [6, 6.07) is 7.04. The second-order valence-electron chi connectivity index (χ2n) is 6.66. The quantitative estimate of drug-likeness (QED) is 0.316. The number of aromatic nitrogens is 1. The highest BCUT2D eigenvalue weighted by Crippen LogP contribution is 2.29. The van der Waals surface area contributed by atoms with Crippen LogP contribution in [0.5, 0.6) is 5.75 Å². The number of phenols is 1. The standard InChI is InChI=1S/C19H25N5O2S2/c1-13-17(28-18(21-13)15-3-5-16(25)6-4-15)14(2)22-23-19(27)20-7-8-24-9-11-26-12-10-24/h3-6,25H,7-12H2,1-2H3,(H2,20,23,27)/p+1/b22-14+. The van der Waals surface area contributed by atoms with Gasteiger partial charge in [-0.15, -0.1) is 11.3 Å². The molecule has 3 rings (SSSR count). The van der Waals surface area contributed by atoms with Crippen LogP contribution in [0.3, 0.4) is 0 Å². The van der Waals surface area contributed by atoms with Crippen molar-refractivity contribution < 1.29 is 14.7 Å². The van der Waals surface area contributed by atoms with E-state index >= 15 is 0 Å². The number of aromatic hydroxyl groups is 1. The number of hydrogen-bond acceptors (Lipinski definition) is 6. The average Bonchev–Trinajstić information content (AvgIpc) is 3.09. The first-order chi connectivity index (χ1) is 13.5. The SMILES string of the molecule is C/C(=N\NC(=S)NCC[NH+]1CCOCC1)c1sc(-c2ccc(O)cc2)nc1C. The van der Waals surface area contributed by atoms with Crippen molar-refractivity contribution in [1.82, 2.24) is 15.7 Å². The molecule has 0 amide bonds. The summed E-state index contributed by atoms with van der Waals surface area (Å²) >= 11 is 6.89. The Morgan fingerprint density at radius 2 is 2.04 bits per heavy atom. The lowest BCUT2D eigenvalue weighted by Crippen LogP contribution is -3.14. The monoisotopic (exact) mass is 420 g/mol. The summed E-state index contributed by atoms with van der Waals surface area (Å²) in [6.07, 6.45) is 0. The molecule has 7 nitrogen and oxygen atoms in total. The minimum atomic E-state index is 0.246. The number of hydrazone groups is 1. The molecule has 1 fully saturated rings. The first-order valence-electron chi connectivity index (χ1n) is 9.29. The van der Waals surface area contributed by atoms with Crippen molar-refractivity contribution in [2.75, 3.05) is 39.4 Å². The third kappa shape index (κ3) is 5.71. The summed E-state index contributed by atoms with van der Waals surface area (Å²) < 4.78 is 5.37. The number of thiocarbonyl (C=S) groups is 1. The number of nitrogens with zero attached hydrogens (tertiary/aromatic N) is 2. The van der Waals surface area contributed by atoms with E-state index in [1.165, 1.54) is 4.90 Å². The van der Waals surface area contributed by atoms with Crippen LogP contribution in [0, 0.1) is 6.92 Å². The van der Waals surface area contributed by atoms with Gasteiger partial charge >= 0.3 is 0 Å². The maximum Gasteiger partial charge on any atom is 0.187 e. The average molecular weight is 421 g/mol. The number of phenolic OH excluding ortho intramolecular Hbond substituents is 1. The van der Waals surface area contributed by atoms with E-state index < -0.39 is 0 Å². The number of aryl methyl sites for hydroxylation is 1. The van der Waals surface area contributed by atoms with Crippen LogP contribution in [0.15, 0.2) is 29.4 Å². The molecule has 2 aromatic rings. The minimum Gasteiger partial charge on any atom is -0.508 e. The van der Waals surface area contributed by atoms with E-state index in [1.54, 1.807) is 23.5 Å². The highest BCUT2D eigenvalue weighted by molar-refractivity contribution is 7.80. The van der Waals surface area contributed by atoms with E-state index in [2.05, 4.69) is 20.8 Å². The molecule has 0 bridgehead atoms. The highest BCUT2D eigenvalue weighted by Gasteiger charge is 2.14. The number of quaternary nitrogens is 1. The molecule has 0 spiro atoms. The predicted molar refractivity (Wildman–Crippen MR) is 116 cm³/mol. The van der Waals surface area contributed by atoms with Crippen molar-refractivity contribution in [3.63, 3.8) is 0 Å². The van der Waals surface area contributed by atoms with Crippen molar-refractivity contribution in [1.29, 1.82) is 0 Å². The van der Waals surface area contributed by atoms with Gasteiger partial charge in [-0.3, -0.25) is 5.43 Å². The van der Waals surface area contributed by atoms with Gasteiger partial charge in [0, 0.05) is 5.56 Å². The Bertz CT molecular complexity index is 829. The Balaban J connectivity index is 1.52. The largest absolute Gasteiger partial charge is 0.508 e. The van der Waals surface area contributed by atoms with Crippen LogP contribution < -0.4 is 15.6 Å². The van der Waals surface area contributed by atoms with Gasteiger partial charge in [0.25, 0.3) is 0 Å². The van der Waals surface area contributed by atoms with Gasteiger partial charge < -0.3 is 20.1 Å². The van der Waals surface area contributed by atoms with E-state index in [0.717, 1.165) is 66.2 Å². The number of rotatable bonds is 6. The lowest BCUT2D eigenvalue weighted by atomic mass is 10.2. The fourth-order valence-corrected chi connectivity index (χ4v) is 4.11. The molecule has 1 aromatic heterocycles. The molecule has 0 unspecified atom stereocenters. The summed E-state index contributed by atoms with van der Waals surface area (Å²) in [5.41, 5.74) is 5.65. The molecule has 9 heteroatoms. The molecular weight excluding hydrogens is 394 g/mol. The molecule has 2 heterocycles.